The van der Waals surface area contributed by atoms with Crippen molar-refractivity contribution >= 4 is 40.5 Å². The minimum Gasteiger partial charge on any atom is -0.462 e. The lowest BCUT2D eigenvalue weighted by atomic mass is 10.2. The third kappa shape index (κ3) is 4.35. The second kappa shape index (κ2) is 8.73. The Morgan fingerprint density at radius 1 is 1.14 bits per heavy atom. The molecule has 0 aliphatic heterocycles. The van der Waals surface area contributed by atoms with Gasteiger partial charge >= 0.3 is 5.97 Å². The van der Waals surface area contributed by atoms with Crippen molar-refractivity contribution < 1.29 is 9.53 Å². The first-order chi connectivity index (χ1) is 13.4. The number of aryl methyl sites for hydroxylation is 2. The molecule has 0 saturated carbocycles. The zero-order valence-corrected chi connectivity index (χ0v) is 18.6. The van der Waals surface area contributed by atoms with Gasteiger partial charge in [-0.3, -0.25) is 4.99 Å². The highest BCUT2D eigenvalue weighted by Gasteiger charge is 2.12. The van der Waals surface area contributed by atoms with Crippen molar-refractivity contribution in [3.05, 3.63) is 80.2 Å². The van der Waals surface area contributed by atoms with E-state index >= 15 is 0 Å². The SMILES string of the molecule is CCOC(=O)c1cccc(-n2c(C)cc(C=Nc3ccc(I)cc3C)c2C)c1. The van der Waals surface area contributed by atoms with E-state index in [4.69, 9.17) is 4.74 Å². The quantitative estimate of drug-likeness (QED) is 0.255. The minimum atomic E-state index is -0.303. The maximum atomic E-state index is 12.1. The van der Waals surface area contributed by atoms with Gasteiger partial charge in [-0.05, 0) is 98.3 Å². The van der Waals surface area contributed by atoms with Crippen molar-refractivity contribution in [2.75, 3.05) is 6.61 Å². The Bertz CT molecular complexity index is 1050. The van der Waals surface area contributed by atoms with Gasteiger partial charge < -0.3 is 9.30 Å². The number of aliphatic imine (C=N–C) groups is 1. The van der Waals surface area contributed by atoms with Crippen molar-refractivity contribution in [2.45, 2.75) is 27.7 Å². The van der Waals surface area contributed by atoms with E-state index in [0.29, 0.717) is 12.2 Å². The average Bonchev–Trinajstić information content (AvgIpc) is 2.95. The molecule has 0 N–H and O–H groups in total. The number of esters is 1. The molecule has 4 nitrogen and oxygen atoms in total. The molecule has 3 rings (SSSR count). The molecule has 0 bridgehead atoms. The van der Waals surface area contributed by atoms with Crippen molar-refractivity contribution in [2.24, 2.45) is 4.99 Å². The molecule has 1 aromatic heterocycles. The van der Waals surface area contributed by atoms with Gasteiger partial charge in [-0.25, -0.2) is 4.79 Å². The molecule has 0 fully saturated rings. The van der Waals surface area contributed by atoms with Crippen LogP contribution in [0.3, 0.4) is 0 Å². The summed E-state index contributed by atoms with van der Waals surface area (Å²) in [6.07, 6.45) is 1.91. The average molecular weight is 486 g/mol. The van der Waals surface area contributed by atoms with E-state index in [1.807, 2.05) is 37.4 Å². The van der Waals surface area contributed by atoms with E-state index < -0.39 is 0 Å². The Labute approximate surface area is 179 Å². The molecular formula is C23H23IN2O2. The Kier molecular flexibility index (Phi) is 6.34. The van der Waals surface area contributed by atoms with Crippen molar-refractivity contribution in [1.29, 1.82) is 0 Å². The Morgan fingerprint density at radius 3 is 2.64 bits per heavy atom. The molecule has 5 heteroatoms. The van der Waals surface area contributed by atoms with Gasteiger partial charge in [-0.15, -0.1) is 0 Å². The van der Waals surface area contributed by atoms with Crippen LogP contribution in [0.4, 0.5) is 5.69 Å². The van der Waals surface area contributed by atoms with Crippen LogP contribution >= 0.6 is 22.6 Å². The fraction of sp³-hybridized carbons (Fsp3) is 0.217. The summed E-state index contributed by atoms with van der Waals surface area (Å²) in [5.41, 5.74) is 6.82. The van der Waals surface area contributed by atoms with Gasteiger partial charge in [0.2, 0.25) is 0 Å². The van der Waals surface area contributed by atoms with Gasteiger partial charge in [0, 0.05) is 32.4 Å². The summed E-state index contributed by atoms with van der Waals surface area (Å²) in [6, 6.07) is 15.8. The zero-order chi connectivity index (χ0) is 20.3. The highest BCUT2D eigenvalue weighted by atomic mass is 127. The second-order valence-electron chi connectivity index (χ2n) is 6.62. The molecule has 0 radical (unpaired) electrons. The zero-order valence-electron chi connectivity index (χ0n) is 16.5. The highest BCUT2D eigenvalue weighted by molar-refractivity contribution is 14.1. The number of rotatable bonds is 5. The molecule has 0 aliphatic rings. The first-order valence-electron chi connectivity index (χ1n) is 9.17. The third-order valence-corrected chi connectivity index (χ3v) is 5.26. The van der Waals surface area contributed by atoms with Gasteiger partial charge in [0.1, 0.15) is 0 Å². The lowest BCUT2D eigenvalue weighted by Gasteiger charge is -2.11. The van der Waals surface area contributed by atoms with Gasteiger partial charge in [-0.1, -0.05) is 6.07 Å². The summed E-state index contributed by atoms with van der Waals surface area (Å²) in [6.45, 7) is 8.36. The van der Waals surface area contributed by atoms with Crippen LogP contribution in [-0.4, -0.2) is 23.4 Å². The van der Waals surface area contributed by atoms with Gasteiger partial charge in [0.25, 0.3) is 0 Å². The third-order valence-electron chi connectivity index (χ3n) is 4.59. The summed E-state index contributed by atoms with van der Waals surface area (Å²) in [7, 11) is 0. The Balaban J connectivity index is 1.95. The molecular weight excluding hydrogens is 463 g/mol. The summed E-state index contributed by atoms with van der Waals surface area (Å²) in [5.74, 6) is -0.303. The van der Waals surface area contributed by atoms with E-state index in [2.05, 4.69) is 71.1 Å². The van der Waals surface area contributed by atoms with Crippen LogP contribution in [0, 0.1) is 24.3 Å². The van der Waals surface area contributed by atoms with Crippen LogP contribution in [0.15, 0.2) is 53.5 Å². The fourth-order valence-corrected chi connectivity index (χ4v) is 3.85. The molecule has 0 aliphatic carbocycles. The monoisotopic (exact) mass is 486 g/mol. The Morgan fingerprint density at radius 2 is 1.93 bits per heavy atom. The normalized spacial score (nSPS) is 11.2. The van der Waals surface area contributed by atoms with Crippen LogP contribution in [0.1, 0.15) is 39.8 Å². The molecule has 0 atom stereocenters. The number of carbonyl (C=O) groups excluding carboxylic acids is 1. The van der Waals surface area contributed by atoms with Crippen LogP contribution in [-0.2, 0) is 4.74 Å². The lowest BCUT2D eigenvalue weighted by Crippen LogP contribution is -2.06. The largest absolute Gasteiger partial charge is 0.462 e. The number of nitrogens with zero attached hydrogens (tertiary/aromatic N) is 2. The number of aromatic nitrogens is 1. The van der Waals surface area contributed by atoms with Crippen LogP contribution < -0.4 is 0 Å². The predicted octanol–water partition coefficient (Wildman–Crippen LogP) is 5.93. The van der Waals surface area contributed by atoms with Crippen LogP contribution in [0.2, 0.25) is 0 Å². The molecule has 0 spiro atoms. The number of halogens is 1. The maximum absolute atomic E-state index is 12.1. The molecule has 0 saturated heterocycles. The van der Waals surface area contributed by atoms with Crippen molar-refractivity contribution in [3.8, 4) is 5.69 Å². The van der Waals surface area contributed by atoms with Crippen molar-refractivity contribution in [3.63, 3.8) is 0 Å². The molecule has 28 heavy (non-hydrogen) atoms. The number of hydrogen-bond acceptors (Lipinski definition) is 3. The maximum Gasteiger partial charge on any atom is 0.338 e. The van der Waals surface area contributed by atoms with E-state index in [0.717, 1.165) is 33.9 Å². The summed E-state index contributed by atoms with van der Waals surface area (Å²) >= 11 is 2.31. The van der Waals surface area contributed by atoms with E-state index in [1.165, 1.54) is 3.57 Å². The molecule has 3 aromatic rings. The summed E-state index contributed by atoms with van der Waals surface area (Å²) < 4.78 is 8.45. The lowest BCUT2D eigenvalue weighted by molar-refractivity contribution is 0.0526. The van der Waals surface area contributed by atoms with Gasteiger partial charge in [0.05, 0.1) is 17.9 Å². The standard InChI is InChI=1S/C23H23IN2O2/c1-5-28-23(27)18-7-6-8-21(13-18)26-16(3)12-19(17(26)4)14-25-22-10-9-20(24)11-15(22)2/h6-14H,5H2,1-4H3. The smallest absolute Gasteiger partial charge is 0.338 e. The van der Waals surface area contributed by atoms with Crippen LogP contribution in [0.5, 0.6) is 0 Å². The van der Waals surface area contributed by atoms with Gasteiger partial charge in [0.15, 0.2) is 0 Å². The number of ether oxygens (including phenoxy) is 1. The number of carbonyl (C=O) groups is 1. The van der Waals surface area contributed by atoms with E-state index in [1.54, 1.807) is 6.07 Å². The fourth-order valence-electron chi connectivity index (χ4n) is 3.20. The first kappa shape index (κ1) is 20.3. The van der Waals surface area contributed by atoms with E-state index in [9.17, 15) is 4.79 Å². The topological polar surface area (TPSA) is 43.6 Å². The highest BCUT2D eigenvalue weighted by Crippen LogP contribution is 2.24. The van der Waals surface area contributed by atoms with Gasteiger partial charge in [-0.2, -0.15) is 0 Å². The number of hydrogen-bond donors (Lipinski definition) is 0. The van der Waals surface area contributed by atoms with Crippen LogP contribution in [0.25, 0.3) is 5.69 Å². The summed E-state index contributed by atoms with van der Waals surface area (Å²) in [4.78, 5) is 16.7. The molecule has 2 aromatic carbocycles. The number of benzene rings is 2. The molecule has 1 heterocycles. The van der Waals surface area contributed by atoms with Crippen molar-refractivity contribution in [1.82, 2.24) is 4.57 Å². The molecule has 144 valence electrons. The molecule has 0 amide bonds. The molecule has 0 unspecified atom stereocenters. The minimum absolute atomic E-state index is 0.303. The second-order valence-corrected chi connectivity index (χ2v) is 7.87. The Hall–Kier alpha value is -2.41. The van der Waals surface area contributed by atoms with E-state index in [-0.39, 0.29) is 5.97 Å². The first-order valence-corrected chi connectivity index (χ1v) is 10.2. The predicted molar refractivity (Wildman–Crippen MR) is 122 cm³/mol. The summed E-state index contributed by atoms with van der Waals surface area (Å²) in [5, 5.41) is 0.